The van der Waals surface area contributed by atoms with Crippen molar-refractivity contribution in [3.8, 4) is 0 Å². The average molecular weight is 286 g/mol. The summed E-state index contributed by atoms with van der Waals surface area (Å²) in [5.74, 6) is -0.587. The number of hydrogen-bond donors (Lipinski definition) is 1. The van der Waals surface area contributed by atoms with Gasteiger partial charge in [0.15, 0.2) is 0 Å². The molecule has 0 aliphatic carbocycles. The highest BCUT2D eigenvalue weighted by Crippen LogP contribution is 1.97. The molecule has 0 radical (unpaired) electrons. The van der Waals surface area contributed by atoms with Gasteiger partial charge in [0.05, 0.1) is 7.11 Å². The van der Waals surface area contributed by atoms with E-state index in [-0.39, 0.29) is 5.91 Å². The van der Waals surface area contributed by atoms with Gasteiger partial charge in [-0.25, -0.2) is 10.1 Å². The van der Waals surface area contributed by atoms with Gasteiger partial charge in [-0.15, -0.1) is 0 Å². The minimum Gasteiger partial charge on any atom is -0.286 e. The van der Waals surface area contributed by atoms with Crippen LogP contribution in [0.2, 0.25) is 0 Å². The van der Waals surface area contributed by atoms with Crippen LogP contribution in [0.1, 0.15) is 33.6 Å². The van der Waals surface area contributed by atoms with Crippen LogP contribution in [0.5, 0.6) is 0 Å². The van der Waals surface area contributed by atoms with Crippen LogP contribution in [-0.4, -0.2) is 47.9 Å². The summed E-state index contributed by atoms with van der Waals surface area (Å²) in [6.07, 6.45) is 1.77. The van der Waals surface area contributed by atoms with E-state index in [1.807, 2.05) is 6.92 Å². The molecule has 0 heterocycles. The molecule has 0 bridgehead atoms. The molecular formula is C14H26N2O4. The summed E-state index contributed by atoms with van der Waals surface area (Å²) in [7, 11) is 2.97. The quantitative estimate of drug-likeness (QED) is 0.461. The zero-order valence-corrected chi connectivity index (χ0v) is 13.1. The van der Waals surface area contributed by atoms with Crippen LogP contribution in [0.4, 0.5) is 0 Å². The number of rotatable bonds is 6. The molecule has 2 amide bonds. The van der Waals surface area contributed by atoms with Gasteiger partial charge in [-0.2, -0.15) is 0 Å². The first kappa shape index (κ1) is 20.7. The maximum atomic E-state index is 10.9. The Balaban J connectivity index is 0. The molecule has 0 atom stereocenters. The maximum absolute atomic E-state index is 10.9. The van der Waals surface area contributed by atoms with Crippen molar-refractivity contribution in [3.05, 3.63) is 24.3 Å². The third-order valence-corrected chi connectivity index (χ3v) is 2.25. The van der Waals surface area contributed by atoms with E-state index in [9.17, 15) is 9.59 Å². The average Bonchev–Trinajstić information content (AvgIpc) is 2.42. The number of unbranched alkanes of at least 4 members (excludes halogenated alkanes) is 1. The largest absolute Gasteiger partial charge is 0.286 e. The summed E-state index contributed by atoms with van der Waals surface area (Å²) in [6.45, 7) is 12.5. The Morgan fingerprint density at radius 3 is 1.85 bits per heavy atom. The number of nitrogens with zero attached hydrogens (tertiary/aromatic N) is 2. The Bertz CT molecular complexity index is 353. The molecule has 0 aromatic carbocycles. The van der Waals surface area contributed by atoms with Crippen LogP contribution in [0.25, 0.3) is 0 Å². The van der Waals surface area contributed by atoms with E-state index in [4.69, 9.17) is 5.21 Å². The fraction of sp³-hybridized carbons (Fsp3) is 0.571. The number of amides is 2. The predicted molar refractivity (Wildman–Crippen MR) is 77.8 cm³/mol. The Labute approximate surface area is 121 Å². The first-order valence-electron chi connectivity index (χ1n) is 6.32. The smallest absolute Gasteiger partial charge is 0.272 e. The van der Waals surface area contributed by atoms with Gasteiger partial charge in [-0.1, -0.05) is 26.5 Å². The van der Waals surface area contributed by atoms with Crippen molar-refractivity contribution in [3.63, 3.8) is 0 Å². The summed E-state index contributed by atoms with van der Waals surface area (Å²) in [5, 5.41) is 10.9. The van der Waals surface area contributed by atoms with Crippen molar-refractivity contribution in [2.45, 2.75) is 33.6 Å². The number of hydrogen-bond acceptors (Lipinski definition) is 4. The lowest BCUT2D eigenvalue weighted by atomic mass is 10.3. The van der Waals surface area contributed by atoms with Crippen LogP contribution < -0.4 is 0 Å². The second kappa shape index (κ2) is 11.2. The maximum Gasteiger partial charge on any atom is 0.272 e. The van der Waals surface area contributed by atoms with Gasteiger partial charge < -0.3 is 0 Å². The first-order valence-corrected chi connectivity index (χ1v) is 6.32. The first-order chi connectivity index (χ1) is 9.18. The van der Waals surface area contributed by atoms with Gasteiger partial charge in [0.2, 0.25) is 0 Å². The normalized spacial score (nSPS) is 9.10. The summed E-state index contributed by atoms with van der Waals surface area (Å²) < 4.78 is 0. The fourth-order valence-electron chi connectivity index (χ4n) is 0.981. The van der Waals surface area contributed by atoms with Crippen molar-refractivity contribution >= 4 is 11.8 Å². The van der Waals surface area contributed by atoms with E-state index in [0.29, 0.717) is 22.8 Å². The van der Waals surface area contributed by atoms with E-state index in [1.54, 1.807) is 13.8 Å². The van der Waals surface area contributed by atoms with Crippen LogP contribution in [0.3, 0.4) is 0 Å². The zero-order valence-electron chi connectivity index (χ0n) is 13.1. The van der Waals surface area contributed by atoms with Crippen LogP contribution in [0, 0.1) is 0 Å². The molecular weight excluding hydrogens is 260 g/mol. The van der Waals surface area contributed by atoms with Crippen molar-refractivity contribution in [1.82, 2.24) is 10.1 Å². The van der Waals surface area contributed by atoms with Gasteiger partial charge >= 0.3 is 0 Å². The van der Waals surface area contributed by atoms with E-state index in [0.717, 1.165) is 17.9 Å². The van der Waals surface area contributed by atoms with Crippen molar-refractivity contribution < 1.29 is 19.6 Å². The van der Waals surface area contributed by atoms with Gasteiger partial charge in [0.25, 0.3) is 11.8 Å². The van der Waals surface area contributed by atoms with E-state index < -0.39 is 5.91 Å². The molecule has 0 saturated carbocycles. The van der Waals surface area contributed by atoms with Crippen LogP contribution in [0.15, 0.2) is 24.3 Å². The minimum atomic E-state index is -0.390. The molecule has 0 aromatic rings. The highest BCUT2D eigenvalue weighted by molar-refractivity contribution is 5.91. The topological polar surface area (TPSA) is 70.1 Å². The summed E-state index contributed by atoms with van der Waals surface area (Å²) >= 11 is 0. The molecule has 20 heavy (non-hydrogen) atoms. The van der Waals surface area contributed by atoms with Gasteiger partial charge in [0.1, 0.15) is 0 Å². The molecule has 0 saturated heterocycles. The molecule has 6 heteroatoms. The molecule has 0 spiro atoms. The molecule has 0 aromatic heterocycles. The molecule has 0 aliphatic heterocycles. The highest BCUT2D eigenvalue weighted by Gasteiger charge is 2.09. The fourth-order valence-corrected chi connectivity index (χ4v) is 0.981. The van der Waals surface area contributed by atoms with Crippen molar-refractivity contribution in [2.75, 3.05) is 20.7 Å². The van der Waals surface area contributed by atoms with Crippen molar-refractivity contribution in [2.24, 2.45) is 0 Å². The second-order valence-electron chi connectivity index (χ2n) is 4.33. The molecule has 1 N–H and O–H groups in total. The Morgan fingerprint density at radius 2 is 1.60 bits per heavy atom. The molecule has 116 valence electrons. The number of carbonyl (C=O) groups excluding carboxylic acids is 2. The van der Waals surface area contributed by atoms with Gasteiger partial charge in [0, 0.05) is 24.7 Å². The predicted octanol–water partition coefficient (Wildman–Crippen LogP) is 2.16. The lowest BCUT2D eigenvalue weighted by Gasteiger charge is -2.13. The van der Waals surface area contributed by atoms with E-state index >= 15 is 0 Å². The third kappa shape index (κ3) is 9.29. The van der Waals surface area contributed by atoms with E-state index in [2.05, 4.69) is 18.0 Å². The molecule has 0 aliphatic rings. The van der Waals surface area contributed by atoms with Gasteiger partial charge in [-0.3, -0.25) is 19.6 Å². The SMILES string of the molecule is C=C(C)C(=O)N(C)OC.C=C(C)C(=O)N(O)CCCC. The van der Waals surface area contributed by atoms with Crippen LogP contribution >= 0.6 is 0 Å². The number of hydroxylamine groups is 4. The van der Waals surface area contributed by atoms with Crippen LogP contribution in [-0.2, 0) is 14.4 Å². The lowest BCUT2D eigenvalue weighted by molar-refractivity contribution is -0.163. The highest BCUT2D eigenvalue weighted by atomic mass is 16.7. The second-order valence-corrected chi connectivity index (χ2v) is 4.33. The molecule has 0 fully saturated rings. The molecule has 0 rings (SSSR count). The Kier molecular flexibility index (Phi) is 11.6. The van der Waals surface area contributed by atoms with Crippen molar-refractivity contribution in [1.29, 1.82) is 0 Å². The summed E-state index contributed by atoms with van der Waals surface area (Å²) in [6, 6.07) is 0. The Hall–Kier alpha value is -1.66. The Morgan fingerprint density at radius 1 is 1.15 bits per heavy atom. The number of likely N-dealkylation sites (N-methyl/N-ethyl adjacent to an activating group) is 1. The van der Waals surface area contributed by atoms with E-state index in [1.165, 1.54) is 14.2 Å². The van der Waals surface area contributed by atoms with Gasteiger partial charge in [-0.05, 0) is 20.3 Å². The standard InChI is InChI=1S/C8H15NO2.C6H11NO2/c1-4-5-6-9(11)8(10)7(2)3;1-5(2)6(8)7(3)9-4/h11H,2,4-6H2,1,3H3;1H2,2-4H3. The molecule has 0 unspecified atom stereocenters. The molecule has 6 nitrogen and oxygen atoms in total. The number of carbonyl (C=O) groups is 2. The minimum absolute atomic E-state index is 0.197. The summed E-state index contributed by atoms with van der Waals surface area (Å²) in [5.41, 5.74) is 0.836. The summed E-state index contributed by atoms with van der Waals surface area (Å²) in [4.78, 5) is 26.3. The zero-order chi connectivity index (χ0) is 16.3. The lowest BCUT2D eigenvalue weighted by Crippen LogP contribution is -2.28. The third-order valence-electron chi connectivity index (χ3n) is 2.25. The monoisotopic (exact) mass is 286 g/mol.